The summed E-state index contributed by atoms with van der Waals surface area (Å²) in [7, 11) is 1.63. The second-order valence-electron chi connectivity index (χ2n) is 5.17. The lowest BCUT2D eigenvalue weighted by molar-refractivity contribution is 0.0996. The lowest BCUT2D eigenvalue weighted by atomic mass is 10.0. The Morgan fingerprint density at radius 3 is 2.87 bits per heavy atom. The quantitative estimate of drug-likeness (QED) is 0.539. The zero-order chi connectivity index (χ0) is 16.0. The summed E-state index contributed by atoms with van der Waals surface area (Å²) in [5.74, 6) is 0.191. The predicted molar refractivity (Wildman–Crippen MR) is 86.3 cm³/mol. The topological polar surface area (TPSA) is 110 Å². The average Bonchev–Trinajstić information content (AvgIpc) is 3.19. The number of amides is 1. The number of H-pyrrole nitrogens is 2. The first-order valence-electron chi connectivity index (χ1n) is 6.97. The Kier molecular flexibility index (Phi) is 2.80. The molecule has 4 N–H and O–H groups in total. The van der Waals surface area contributed by atoms with Crippen LogP contribution in [0.25, 0.3) is 33.1 Å². The zero-order valence-corrected chi connectivity index (χ0v) is 12.3. The first-order chi connectivity index (χ1) is 11.2. The van der Waals surface area contributed by atoms with Gasteiger partial charge in [-0.1, -0.05) is 0 Å². The summed E-state index contributed by atoms with van der Waals surface area (Å²) in [5, 5.41) is 8.63. The van der Waals surface area contributed by atoms with Crippen LogP contribution in [0.4, 0.5) is 0 Å². The van der Waals surface area contributed by atoms with Crippen molar-refractivity contribution in [2.45, 2.75) is 0 Å². The molecule has 0 aliphatic carbocycles. The summed E-state index contributed by atoms with van der Waals surface area (Å²) in [5.41, 5.74) is 8.83. The monoisotopic (exact) mass is 307 g/mol. The van der Waals surface area contributed by atoms with Crippen molar-refractivity contribution in [3.63, 3.8) is 0 Å². The SMILES string of the molecule is COc1ccc2c(-c3cc(C(N)=O)nc4[nH]ncc34)c[nH]c2c1. The number of ether oxygens (including phenoxy) is 1. The van der Waals surface area contributed by atoms with E-state index < -0.39 is 5.91 Å². The molecule has 0 unspecified atom stereocenters. The predicted octanol–water partition coefficient (Wildman–Crippen LogP) is 2.21. The Labute approximate surface area is 130 Å². The summed E-state index contributed by atoms with van der Waals surface area (Å²) in [6.07, 6.45) is 3.57. The highest BCUT2D eigenvalue weighted by Gasteiger charge is 2.15. The molecule has 23 heavy (non-hydrogen) atoms. The van der Waals surface area contributed by atoms with E-state index in [1.54, 1.807) is 19.4 Å². The van der Waals surface area contributed by atoms with Crippen LogP contribution in [0.15, 0.2) is 36.7 Å². The first kappa shape index (κ1) is 13.3. The van der Waals surface area contributed by atoms with Gasteiger partial charge < -0.3 is 15.5 Å². The molecule has 0 aliphatic heterocycles. The zero-order valence-electron chi connectivity index (χ0n) is 12.3. The maximum atomic E-state index is 11.5. The molecule has 1 aromatic carbocycles. The van der Waals surface area contributed by atoms with Crippen LogP contribution in [0.3, 0.4) is 0 Å². The van der Waals surface area contributed by atoms with Crippen molar-refractivity contribution in [3.8, 4) is 16.9 Å². The molecule has 0 spiro atoms. The average molecular weight is 307 g/mol. The van der Waals surface area contributed by atoms with Gasteiger partial charge in [-0.25, -0.2) is 4.98 Å². The van der Waals surface area contributed by atoms with Crippen molar-refractivity contribution in [3.05, 3.63) is 42.4 Å². The van der Waals surface area contributed by atoms with Gasteiger partial charge in [0.2, 0.25) is 0 Å². The van der Waals surface area contributed by atoms with Gasteiger partial charge in [0.05, 0.1) is 13.3 Å². The molecule has 0 bridgehead atoms. The van der Waals surface area contributed by atoms with Crippen LogP contribution in [-0.2, 0) is 0 Å². The van der Waals surface area contributed by atoms with Gasteiger partial charge in [-0.3, -0.25) is 9.89 Å². The van der Waals surface area contributed by atoms with Crippen LogP contribution in [-0.4, -0.2) is 33.2 Å². The Hall–Kier alpha value is -3.35. The van der Waals surface area contributed by atoms with Crippen molar-refractivity contribution >= 4 is 27.8 Å². The fourth-order valence-corrected chi connectivity index (χ4v) is 2.73. The number of rotatable bonds is 3. The van der Waals surface area contributed by atoms with E-state index in [0.717, 1.165) is 33.2 Å². The molecule has 3 aromatic heterocycles. The number of nitrogens with one attached hydrogen (secondary N) is 2. The van der Waals surface area contributed by atoms with E-state index in [-0.39, 0.29) is 5.69 Å². The molecule has 0 saturated carbocycles. The van der Waals surface area contributed by atoms with Crippen molar-refractivity contribution in [2.75, 3.05) is 7.11 Å². The number of methoxy groups -OCH3 is 1. The van der Waals surface area contributed by atoms with Crippen LogP contribution < -0.4 is 10.5 Å². The highest BCUT2D eigenvalue weighted by Crippen LogP contribution is 2.34. The maximum absolute atomic E-state index is 11.5. The van der Waals surface area contributed by atoms with E-state index in [1.165, 1.54) is 0 Å². The number of benzene rings is 1. The summed E-state index contributed by atoms with van der Waals surface area (Å²) < 4.78 is 5.24. The number of carbonyl (C=O) groups excluding carboxylic acids is 1. The number of hydrogen-bond donors (Lipinski definition) is 3. The normalized spacial score (nSPS) is 11.2. The fraction of sp³-hybridized carbons (Fsp3) is 0.0625. The minimum absolute atomic E-state index is 0.194. The molecule has 0 aliphatic rings. The van der Waals surface area contributed by atoms with Gasteiger partial charge in [-0.2, -0.15) is 5.10 Å². The van der Waals surface area contributed by atoms with Gasteiger partial charge in [-0.15, -0.1) is 0 Å². The van der Waals surface area contributed by atoms with Crippen molar-refractivity contribution in [1.29, 1.82) is 0 Å². The number of fused-ring (bicyclic) bond motifs is 2. The Bertz CT molecular complexity index is 1050. The number of carbonyl (C=O) groups is 1. The molecule has 0 atom stereocenters. The van der Waals surface area contributed by atoms with Crippen LogP contribution >= 0.6 is 0 Å². The van der Waals surface area contributed by atoms with Crippen LogP contribution in [0.1, 0.15) is 10.5 Å². The van der Waals surface area contributed by atoms with E-state index in [0.29, 0.717) is 5.65 Å². The van der Waals surface area contributed by atoms with Crippen LogP contribution in [0.5, 0.6) is 5.75 Å². The number of hydrogen-bond acceptors (Lipinski definition) is 4. The van der Waals surface area contributed by atoms with Gasteiger partial charge in [-0.05, 0) is 23.8 Å². The lowest BCUT2D eigenvalue weighted by Gasteiger charge is -2.05. The Balaban J connectivity index is 2.02. The van der Waals surface area contributed by atoms with Crippen molar-refractivity contribution in [1.82, 2.24) is 20.2 Å². The van der Waals surface area contributed by atoms with Gasteiger partial charge in [0.1, 0.15) is 11.4 Å². The van der Waals surface area contributed by atoms with Crippen LogP contribution in [0.2, 0.25) is 0 Å². The molecule has 0 saturated heterocycles. The molecule has 114 valence electrons. The highest BCUT2D eigenvalue weighted by molar-refractivity contribution is 6.06. The summed E-state index contributed by atoms with van der Waals surface area (Å²) in [4.78, 5) is 18.9. The number of primary amides is 1. The van der Waals surface area contributed by atoms with E-state index in [9.17, 15) is 4.79 Å². The molecular weight excluding hydrogens is 294 g/mol. The molecule has 4 aromatic rings. The molecule has 7 heteroatoms. The second kappa shape index (κ2) is 4.84. The standard InChI is InChI=1S/C16H13N5O2/c1-23-8-2-3-9-11(6-18-13(9)4-8)10-5-14(15(17)22)20-16-12(10)7-19-21-16/h2-7,18H,1H3,(H2,17,22)(H,19,20,21). The fourth-order valence-electron chi connectivity index (χ4n) is 2.73. The van der Waals surface area contributed by atoms with E-state index in [2.05, 4.69) is 20.2 Å². The number of nitrogens with zero attached hydrogens (tertiary/aromatic N) is 2. The van der Waals surface area contributed by atoms with Gasteiger partial charge in [0, 0.05) is 34.1 Å². The smallest absolute Gasteiger partial charge is 0.267 e. The van der Waals surface area contributed by atoms with Gasteiger partial charge >= 0.3 is 0 Å². The van der Waals surface area contributed by atoms with E-state index in [4.69, 9.17) is 10.5 Å². The first-order valence-corrected chi connectivity index (χ1v) is 6.97. The lowest BCUT2D eigenvalue weighted by Crippen LogP contribution is -2.13. The van der Waals surface area contributed by atoms with E-state index >= 15 is 0 Å². The largest absolute Gasteiger partial charge is 0.497 e. The molecule has 0 fully saturated rings. The number of aromatic nitrogens is 4. The third-order valence-corrected chi connectivity index (χ3v) is 3.85. The number of aromatic amines is 2. The molecule has 1 amide bonds. The Morgan fingerprint density at radius 2 is 2.09 bits per heavy atom. The number of pyridine rings is 1. The summed E-state index contributed by atoms with van der Waals surface area (Å²) in [6, 6.07) is 7.47. The maximum Gasteiger partial charge on any atom is 0.267 e. The molecule has 7 nitrogen and oxygen atoms in total. The summed E-state index contributed by atoms with van der Waals surface area (Å²) >= 11 is 0. The third kappa shape index (κ3) is 2.02. The van der Waals surface area contributed by atoms with Gasteiger partial charge in [0.25, 0.3) is 5.91 Å². The van der Waals surface area contributed by atoms with E-state index in [1.807, 2.05) is 24.4 Å². The van der Waals surface area contributed by atoms with Crippen molar-refractivity contribution < 1.29 is 9.53 Å². The van der Waals surface area contributed by atoms with Crippen LogP contribution in [0, 0.1) is 0 Å². The van der Waals surface area contributed by atoms with Crippen molar-refractivity contribution in [2.24, 2.45) is 5.73 Å². The minimum atomic E-state index is -0.579. The molecule has 0 radical (unpaired) electrons. The van der Waals surface area contributed by atoms with Gasteiger partial charge in [0.15, 0.2) is 5.65 Å². The number of nitrogens with two attached hydrogens (primary N) is 1. The molecule has 4 rings (SSSR count). The molecular formula is C16H13N5O2. The minimum Gasteiger partial charge on any atom is -0.497 e. The highest BCUT2D eigenvalue weighted by atomic mass is 16.5. The summed E-state index contributed by atoms with van der Waals surface area (Å²) in [6.45, 7) is 0. The third-order valence-electron chi connectivity index (χ3n) is 3.85. The second-order valence-corrected chi connectivity index (χ2v) is 5.17. The Morgan fingerprint density at radius 1 is 1.22 bits per heavy atom. The molecule has 3 heterocycles.